The Bertz CT molecular complexity index is 669. The van der Waals surface area contributed by atoms with Crippen LogP contribution in [0, 0.1) is 0 Å². The second-order valence-corrected chi connectivity index (χ2v) is 7.20. The van der Waals surface area contributed by atoms with E-state index >= 15 is 0 Å². The highest BCUT2D eigenvalue weighted by Gasteiger charge is 2.23. The van der Waals surface area contributed by atoms with Gasteiger partial charge in [0.1, 0.15) is 5.01 Å². The molecule has 1 aromatic heterocycles. The van der Waals surface area contributed by atoms with Crippen molar-refractivity contribution in [2.75, 3.05) is 7.05 Å². The Morgan fingerprint density at radius 1 is 1.33 bits per heavy atom. The zero-order valence-corrected chi connectivity index (χ0v) is 13.7. The molecule has 2 rings (SSSR count). The zero-order valence-electron chi connectivity index (χ0n) is 12.0. The molecule has 7 heteroatoms. The summed E-state index contributed by atoms with van der Waals surface area (Å²) in [5.74, 6) is 0. The lowest BCUT2D eigenvalue weighted by atomic mass is 10.2. The molecular weight excluding hydrogens is 306 g/mol. The van der Waals surface area contributed by atoms with Gasteiger partial charge in [-0.3, -0.25) is 0 Å². The van der Waals surface area contributed by atoms with Crippen molar-refractivity contribution >= 4 is 21.4 Å². The normalized spacial score (nSPS) is 13.2. The van der Waals surface area contributed by atoms with Crippen LogP contribution in [-0.2, 0) is 16.6 Å². The summed E-state index contributed by atoms with van der Waals surface area (Å²) < 4.78 is 28.0. The molecule has 114 valence electrons. The molecule has 0 spiro atoms. The summed E-state index contributed by atoms with van der Waals surface area (Å²) in [6.45, 7) is 2.44. The van der Waals surface area contributed by atoms with Crippen molar-refractivity contribution in [2.45, 2.75) is 30.8 Å². The highest BCUT2D eigenvalue weighted by molar-refractivity contribution is 7.89. The highest BCUT2D eigenvalue weighted by atomic mass is 32.2. The van der Waals surface area contributed by atoms with Gasteiger partial charge in [0, 0.05) is 18.1 Å². The van der Waals surface area contributed by atoms with Crippen LogP contribution in [0.15, 0.2) is 40.7 Å². The van der Waals surface area contributed by atoms with Gasteiger partial charge in [-0.15, -0.1) is 11.3 Å². The summed E-state index contributed by atoms with van der Waals surface area (Å²) in [7, 11) is -1.78. The topological polar surface area (TPSA) is 71.1 Å². The van der Waals surface area contributed by atoms with E-state index in [4.69, 9.17) is 0 Å². The number of aromatic nitrogens is 1. The van der Waals surface area contributed by atoms with Crippen LogP contribution in [0.2, 0.25) is 0 Å². The van der Waals surface area contributed by atoms with Gasteiger partial charge < -0.3 is 5.32 Å². The molecule has 1 atom stereocenters. The van der Waals surface area contributed by atoms with E-state index in [1.165, 1.54) is 11.3 Å². The number of hydrogen-bond donors (Lipinski definition) is 2. The van der Waals surface area contributed by atoms with Gasteiger partial charge in [-0.05, 0) is 25.1 Å². The fourth-order valence-electron chi connectivity index (χ4n) is 2.07. The predicted octanol–water partition coefficient (Wildman–Crippen LogP) is 2.29. The number of thiazole rings is 1. The molecule has 1 heterocycles. The Kier molecular flexibility index (Phi) is 5.46. The third kappa shape index (κ3) is 3.88. The van der Waals surface area contributed by atoms with Gasteiger partial charge in [-0.1, -0.05) is 25.1 Å². The van der Waals surface area contributed by atoms with Crippen molar-refractivity contribution in [1.82, 2.24) is 15.0 Å². The molecule has 21 heavy (non-hydrogen) atoms. The largest absolute Gasteiger partial charge is 0.316 e. The van der Waals surface area contributed by atoms with E-state index in [2.05, 4.69) is 15.0 Å². The summed E-state index contributed by atoms with van der Waals surface area (Å²) in [6, 6.07) is 6.72. The predicted molar refractivity (Wildman–Crippen MR) is 84.7 cm³/mol. The first-order valence-electron chi connectivity index (χ1n) is 6.72. The number of nitrogens with zero attached hydrogens (tertiary/aromatic N) is 1. The molecule has 1 unspecified atom stereocenters. The quantitative estimate of drug-likeness (QED) is 0.819. The molecule has 5 nitrogen and oxygen atoms in total. The second-order valence-electron chi connectivity index (χ2n) is 4.59. The molecule has 1 aromatic carbocycles. The van der Waals surface area contributed by atoms with Crippen LogP contribution in [-0.4, -0.2) is 20.4 Å². The van der Waals surface area contributed by atoms with E-state index in [-0.39, 0.29) is 6.04 Å². The number of sulfonamides is 1. The lowest BCUT2D eigenvalue weighted by molar-refractivity contribution is 0.547. The second kappa shape index (κ2) is 7.13. The summed E-state index contributed by atoms with van der Waals surface area (Å²) in [6.07, 6.45) is 2.34. The third-order valence-corrected chi connectivity index (χ3v) is 5.55. The molecule has 2 N–H and O–H groups in total. The minimum Gasteiger partial charge on any atom is -0.316 e. The lowest BCUT2D eigenvalue weighted by Crippen LogP contribution is -2.29. The summed E-state index contributed by atoms with van der Waals surface area (Å²) in [5.41, 5.74) is 0.751. The van der Waals surface area contributed by atoms with E-state index < -0.39 is 10.0 Å². The molecule has 0 radical (unpaired) electrons. The van der Waals surface area contributed by atoms with E-state index in [9.17, 15) is 8.42 Å². The van der Waals surface area contributed by atoms with Gasteiger partial charge in [-0.2, -0.15) is 0 Å². The first-order valence-corrected chi connectivity index (χ1v) is 9.09. The van der Waals surface area contributed by atoms with Gasteiger partial charge in [0.05, 0.1) is 10.9 Å². The smallest absolute Gasteiger partial charge is 0.241 e. The molecule has 0 saturated heterocycles. The molecule has 0 amide bonds. The van der Waals surface area contributed by atoms with Crippen molar-refractivity contribution in [3.63, 3.8) is 0 Å². The summed E-state index contributed by atoms with van der Waals surface area (Å²) in [4.78, 5) is 4.52. The van der Waals surface area contributed by atoms with Gasteiger partial charge >= 0.3 is 0 Å². The highest BCUT2D eigenvalue weighted by Crippen LogP contribution is 2.23. The Morgan fingerprint density at radius 2 is 2.10 bits per heavy atom. The van der Waals surface area contributed by atoms with Crippen LogP contribution in [0.3, 0.4) is 0 Å². The van der Waals surface area contributed by atoms with E-state index in [1.807, 2.05) is 24.4 Å². The van der Waals surface area contributed by atoms with E-state index in [1.54, 1.807) is 25.4 Å². The zero-order chi connectivity index (χ0) is 15.3. The van der Waals surface area contributed by atoms with Crippen LogP contribution in [0.5, 0.6) is 0 Å². The van der Waals surface area contributed by atoms with Crippen LogP contribution in [0.4, 0.5) is 0 Å². The molecule has 0 aliphatic rings. The first kappa shape index (κ1) is 16.1. The molecule has 0 bridgehead atoms. The third-order valence-electron chi connectivity index (χ3n) is 3.08. The fraction of sp³-hybridized carbons (Fsp3) is 0.357. The van der Waals surface area contributed by atoms with Crippen LogP contribution >= 0.6 is 11.3 Å². The molecule has 0 aliphatic carbocycles. The Labute approximate surface area is 129 Å². The van der Waals surface area contributed by atoms with E-state index in [0.717, 1.165) is 10.6 Å². The lowest BCUT2D eigenvalue weighted by Gasteiger charge is -2.16. The summed E-state index contributed by atoms with van der Waals surface area (Å²) in [5, 5.41) is 5.62. The number of rotatable bonds is 7. The van der Waals surface area contributed by atoms with Crippen LogP contribution in [0.1, 0.15) is 30.0 Å². The maximum absolute atomic E-state index is 12.6. The molecule has 0 aliphatic heterocycles. The van der Waals surface area contributed by atoms with E-state index in [0.29, 0.717) is 17.9 Å². The maximum Gasteiger partial charge on any atom is 0.241 e. The van der Waals surface area contributed by atoms with Crippen molar-refractivity contribution in [2.24, 2.45) is 0 Å². The van der Waals surface area contributed by atoms with Crippen molar-refractivity contribution in [3.8, 4) is 0 Å². The Balaban J connectivity index is 2.30. The standard InChI is InChI=1S/C14H19N3O2S2/c1-3-12(14-16-8-9-20-14)17-21(18,19)13-7-5-4-6-11(13)10-15-2/h4-9,12,15,17H,3,10H2,1-2H3. The van der Waals surface area contributed by atoms with Gasteiger partial charge in [0.2, 0.25) is 10.0 Å². The minimum atomic E-state index is -3.57. The SMILES string of the molecule is CCC(NS(=O)(=O)c1ccccc1CNC)c1nccs1. The fourth-order valence-corrected chi connectivity index (χ4v) is 4.44. The monoisotopic (exact) mass is 325 g/mol. The van der Waals surface area contributed by atoms with Gasteiger partial charge in [-0.25, -0.2) is 18.1 Å². The van der Waals surface area contributed by atoms with Gasteiger partial charge in [0.25, 0.3) is 0 Å². The Hall–Kier alpha value is -1.28. The molecule has 2 aromatic rings. The van der Waals surface area contributed by atoms with Crippen molar-refractivity contribution in [3.05, 3.63) is 46.4 Å². The average Bonchev–Trinajstić information content (AvgIpc) is 3.00. The number of benzene rings is 1. The number of nitrogens with one attached hydrogen (secondary N) is 2. The van der Waals surface area contributed by atoms with Crippen LogP contribution < -0.4 is 10.0 Å². The van der Waals surface area contributed by atoms with Crippen molar-refractivity contribution < 1.29 is 8.42 Å². The molecular formula is C14H19N3O2S2. The molecule has 0 saturated carbocycles. The van der Waals surface area contributed by atoms with Crippen molar-refractivity contribution in [1.29, 1.82) is 0 Å². The maximum atomic E-state index is 12.6. The van der Waals surface area contributed by atoms with Crippen LogP contribution in [0.25, 0.3) is 0 Å². The first-order chi connectivity index (χ1) is 10.1. The summed E-state index contributed by atoms with van der Waals surface area (Å²) >= 11 is 1.46. The van der Waals surface area contributed by atoms with Gasteiger partial charge in [0.15, 0.2) is 0 Å². The Morgan fingerprint density at radius 3 is 2.71 bits per heavy atom. The molecule has 0 fully saturated rings. The minimum absolute atomic E-state index is 0.294. The number of hydrogen-bond acceptors (Lipinski definition) is 5. The average molecular weight is 325 g/mol.